The fourth-order valence-electron chi connectivity index (χ4n) is 2.18. The van der Waals surface area contributed by atoms with Crippen LogP contribution in [0.15, 0.2) is 30.3 Å². The predicted molar refractivity (Wildman–Crippen MR) is 73.2 cm³/mol. The molecule has 0 spiro atoms. The third kappa shape index (κ3) is 4.98. The van der Waals surface area contributed by atoms with Crippen LogP contribution in [0.1, 0.15) is 31.2 Å². The van der Waals surface area contributed by atoms with E-state index in [1.165, 1.54) is 12.6 Å². The third-order valence-corrected chi connectivity index (χ3v) is 3.24. The van der Waals surface area contributed by atoms with Gasteiger partial charge in [0.05, 0.1) is 12.7 Å². The molecule has 0 radical (unpaired) electrons. The zero-order chi connectivity index (χ0) is 13.2. The van der Waals surface area contributed by atoms with Gasteiger partial charge in [0.15, 0.2) is 0 Å². The highest BCUT2D eigenvalue weighted by Crippen LogP contribution is 2.25. The number of nitrogens with two attached hydrogens (primary N) is 1. The standard InChI is InChI=1S/C14H18O2.CH5N/c15-10-12-6-8-14(9-7-12)16-11-13-4-2-1-3-5-13;1-2/h1-5,10,12,14H,6-9,11H2;2H2,1H3. The summed E-state index contributed by atoms with van der Waals surface area (Å²) in [5.41, 5.74) is 5.72. The summed E-state index contributed by atoms with van der Waals surface area (Å²) in [7, 11) is 1.50. The lowest BCUT2D eigenvalue weighted by atomic mass is 9.88. The van der Waals surface area contributed by atoms with E-state index in [0.717, 1.165) is 32.0 Å². The first-order chi connectivity index (χ1) is 8.88. The first kappa shape index (κ1) is 14.9. The Morgan fingerprint density at radius 1 is 1.17 bits per heavy atom. The third-order valence-electron chi connectivity index (χ3n) is 3.24. The largest absolute Gasteiger partial charge is 0.374 e. The lowest BCUT2D eigenvalue weighted by Crippen LogP contribution is -2.22. The van der Waals surface area contributed by atoms with Crippen molar-refractivity contribution < 1.29 is 9.53 Å². The number of aldehydes is 1. The molecule has 3 nitrogen and oxygen atoms in total. The van der Waals surface area contributed by atoms with Gasteiger partial charge in [-0.25, -0.2) is 0 Å². The van der Waals surface area contributed by atoms with Gasteiger partial charge >= 0.3 is 0 Å². The maximum atomic E-state index is 10.6. The monoisotopic (exact) mass is 249 g/mol. The maximum absolute atomic E-state index is 10.6. The summed E-state index contributed by atoms with van der Waals surface area (Å²) in [6.45, 7) is 0.692. The Kier molecular flexibility index (Phi) is 7.30. The number of hydrogen-bond donors (Lipinski definition) is 1. The molecule has 3 heteroatoms. The molecule has 2 rings (SSSR count). The summed E-state index contributed by atoms with van der Waals surface area (Å²) in [4.78, 5) is 10.6. The molecule has 0 saturated heterocycles. The second-order valence-corrected chi connectivity index (χ2v) is 4.47. The van der Waals surface area contributed by atoms with Crippen LogP contribution in [-0.4, -0.2) is 19.4 Å². The van der Waals surface area contributed by atoms with Gasteiger partial charge in [-0.2, -0.15) is 0 Å². The van der Waals surface area contributed by atoms with E-state index in [4.69, 9.17) is 4.74 Å². The van der Waals surface area contributed by atoms with Gasteiger partial charge < -0.3 is 15.3 Å². The van der Waals surface area contributed by atoms with E-state index in [1.54, 1.807) is 0 Å². The molecule has 1 saturated carbocycles. The van der Waals surface area contributed by atoms with Gasteiger partial charge in [-0.15, -0.1) is 0 Å². The number of rotatable bonds is 4. The van der Waals surface area contributed by atoms with E-state index in [0.29, 0.717) is 12.7 Å². The summed E-state index contributed by atoms with van der Waals surface area (Å²) in [6, 6.07) is 10.2. The Labute approximate surface area is 109 Å². The summed E-state index contributed by atoms with van der Waals surface area (Å²) in [5, 5.41) is 0. The van der Waals surface area contributed by atoms with Gasteiger partial charge in [-0.3, -0.25) is 0 Å². The quantitative estimate of drug-likeness (QED) is 0.834. The van der Waals surface area contributed by atoms with Gasteiger partial charge in [-0.1, -0.05) is 30.3 Å². The first-order valence-electron chi connectivity index (χ1n) is 6.57. The average molecular weight is 249 g/mol. The van der Waals surface area contributed by atoms with Crippen LogP contribution < -0.4 is 5.73 Å². The fraction of sp³-hybridized carbons (Fsp3) is 0.533. The van der Waals surface area contributed by atoms with E-state index < -0.39 is 0 Å². The highest BCUT2D eigenvalue weighted by molar-refractivity contribution is 5.53. The van der Waals surface area contributed by atoms with Crippen LogP contribution in [0, 0.1) is 5.92 Å². The van der Waals surface area contributed by atoms with Gasteiger partial charge in [0.25, 0.3) is 0 Å². The zero-order valence-corrected chi connectivity index (χ0v) is 11.0. The van der Waals surface area contributed by atoms with Gasteiger partial charge in [0.2, 0.25) is 0 Å². The SMILES string of the molecule is CN.O=CC1CCC(OCc2ccccc2)CC1. The van der Waals surface area contributed by atoms with Crippen molar-refractivity contribution >= 4 is 6.29 Å². The highest BCUT2D eigenvalue weighted by Gasteiger charge is 2.20. The second-order valence-electron chi connectivity index (χ2n) is 4.47. The van der Waals surface area contributed by atoms with Crippen LogP contribution in [0.3, 0.4) is 0 Å². The van der Waals surface area contributed by atoms with Crippen LogP contribution in [0.4, 0.5) is 0 Å². The molecule has 1 aromatic carbocycles. The normalized spacial score (nSPS) is 22.8. The Balaban J connectivity index is 0.000000771. The molecule has 18 heavy (non-hydrogen) atoms. The van der Waals surface area contributed by atoms with Gasteiger partial charge in [-0.05, 0) is 38.3 Å². The van der Waals surface area contributed by atoms with Crippen LogP contribution in [-0.2, 0) is 16.1 Å². The summed E-state index contributed by atoms with van der Waals surface area (Å²) < 4.78 is 5.85. The Bertz CT molecular complexity index is 319. The second kappa shape index (κ2) is 8.84. The number of benzene rings is 1. The number of carbonyl (C=O) groups excluding carboxylic acids is 1. The molecule has 0 heterocycles. The number of hydrogen-bond acceptors (Lipinski definition) is 3. The van der Waals surface area contributed by atoms with Gasteiger partial charge in [0, 0.05) is 5.92 Å². The van der Waals surface area contributed by atoms with Crippen molar-refractivity contribution in [1.29, 1.82) is 0 Å². The van der Waals surface area contributed by atoms with Crippen LogP contribution in [0.5, 0.6) is 0 Å². The molecule has 0 aliphatic heterocycles. The Morgan fingerprint density at radius 3 is 2.33 bits per heavy atom. The lowest BCUT2D eigenvalue weighted by molar-refractivity contribution is -0.113. The zero-order valence-electron chi connectivity index (χ0n) is 11.0. The summed E-state index contributed by atoms with van der Waals surface area (Å²) in [5.74, 6) is 0.275. The molecule has 0 amide bonds. The fourth-order valence-corrected chi connectivity index (χ4v) is 2.18. The van der Waals surface area contributed by atoms with Crippen molar-refractivity contribution in [3.8, 4) is 0 Å². The predicted octanol–water partition coefficient (Wildman–Crippen LogP) is 2.54. The van der Waals surface area contributed by atoms with Crippen molar-refractivity contribution in [2.45, 2.75) is 38.4 Å². The van der Waals surface area contributed by atoms with E-state index in [2.05, 4.69) is 17.9 Å². The maximum Gasteiger partial charge on any atom is 0.123 e. The molecule has 100 valence electrons. The molecule has 1 aromatic rings. The summed E-state index contributed by atoms with van der Waals surface area (Å²) in [6.07, 6.45) is 5.46. The van der Waals surface area contributed by atoms with E-state index >= 15 is 0 Å². The molecule has 1 fully saturated rings. The van der Waals surface area contributed by atoms with Crippen molar-refractivity contribution in [3.63, 3.8) is 0 Å². The number of ether oxygens (including phenoxy) is 1. The minimum Gasteiger partial charge on any atom is -0.374 e. The van der Waals surface area contributed by atoms with Crippen molar-refractivity contribution in [3.05, 3.63) is 35.9 Å². The smallest absolute Gasteiger partial charge is 0.123 e. The molecular formula is C15H23NO2. The van der Waals surface area contributed by atoms with Crippen molar-refractivity contribution in [1.82, 2.24) is 0 Å². The van der Waals surface area contributed by atoms with Crippen molar-refractivity contribution in [2.75, 3.05) is 7.05 Å². The van der Waals surface area contributed by atoms with Crippen LogP contribution >= 0.6 is 0 Å². The number of carbonyl (C=O) groups is 1. The van der Waals surface area contributed by atoms with E-state index in [1.807, 2.05) is 18.2 Å². The molecule has 0 unspecified atom stereocenters. The average Bonchev–Trinajstić information content (AvgIpc) is 2.49. The van der Waals surface area contributed by atoms with Crippen LogP contribution in [0.25, 0.3) is 0 Å². The Hall–Kier alpha value is -1.19. The van der Waals surface area contributed by atoms with E-state index in [9.17, 15) is 4.79 Å². The topological polar surface area (TPSA) is 52.3 Å². The minimum absolute atomic E-state index is 0.275. The molecular weight excluding hydrogens is 226 g/mol. The molecule has 2 N–H and O–H groups in total. The van der Waals surface area contributed by atoms with Crippen LogP contribution in [0.2, 0.25) is 0 Å². The molecule has 1 aliphatic rings. The first-order valence-corrected chi connectivity index (χ1v) is 6.57. The Morgan fingerprint density at radius 2 is 1.78 bits per heavy atom. The van der Waals surface area contributed by atoms with Crippen molar-refractivity contribution in [2.24, 2.45) is 11.7 Å². The molecule has 1 aliphatic carbocycles. The lowest BCUT2D eigenvalue weighted by Gasteiger charge is -2.25. The molecule has 0 aromatic heterocycles. The molecule has 0 atom stereocenters. The van der Waals surface area contributed by atoms with E-state index in [-0.39, 0.29) is 5.92 Å². The molecule has 0 bridgehead atoms. The summed E-state index contributed by atoms with van der Waals surface area (Å²) >= 11 is 0. The van der Waals surface area contributed by atoms with Gasteiger partial charge in [0.1, 0.15) is 6.29 Å². The highest BCUT2D eigenvalue weighted by atomic mass is 16.5. The minimum atomic E-state index is 0.275.